The number of rotatable bonds is 6. The Hall–Kier alpha value is -1.21. The fraction of sp³-hybridized carbons (Fsp3) is 0.474. The quantitative estimate of drug-likeness (QED) is 0.710. The van der Waals surface area contributed by atoms with Gasteiger partial charge in [-0.3, -0.25) is 4.79 Å². The summed E-state index contributed by atoms with van der Waals surface area (Å²) in [7, 11) is 0. The third kappa shape index (κ3) is 6.71. The Morgan fingerprint density at radius 3 is 2.70 bits per heavy atom. The lowest BCUT2D eigenvalue weighted by Crippen LogP contribution is -2.46. The Bertz CT molecular complexity index is 722. The highest BCUT2D eigenvalue weighted by atomic mass is 35.5. The molecule has 1 fully saturated rings. The highest BCUT2D eigenvalue weighted by Crippen LogP contribution is 2.27. The number of nitrogens with zero attached hydrogens (tertiary/aromatic N) is 1. The van der Waals surface area contributed by atoms with Crippen molar-refractivity contribution in [1.29, 1.82) is 0 Å². The summed E-state index contributed by atoms with van der Waals surface area (Å²) in [5, 5.41) is 5.67. The van der Waals surface area contributed by atoms with Gasteiger partial charge in [0.15, 0.2) is 0 Å². The fourth-order valence-electron chi connectivity index (χ4n) is 3.47. The first-order valence-corrected chi connectivity index (χ1v) is 9.73. The molecular weight excluding hydrogens is 408 g/mol. The van der Waals surface area contributed by atoms with Crippen LogP contribution in [0.2, 0.25) is 0 Å². The molecule has 4 nitrogen and oxygen atoms in total. The zero-order chi connectivity index (χ0) is 17.6. The standard InChI is InChI=1S/C19H24FN3OS.2ClH/c20-15-8-4-7-14(9-15)19-22-16(12-25-19)10-18(24)23-17(11-21)13-5-2-1-3-6-13;;/h4,7-9,12-13,17H,1-3,5-6,10-11,21H2,(H,23,24);2*1H. The molecule has 0 spiro atoms. The Kier molecular flexibility index (Phi) is 10.2. The molecule has 0 saturated heterocycles. The Labute approximate surface area is 176 Å². The molecule has 0 aliphatic heterocycles. The van der Waals surface area contributed by atoms with Crippen LogP contribution in [0.15, 0.2) is 29.6 Å². The van der Waals surface area contributed by atoms with Crippen molar-refractivity contribution < 1.29 is 9.18 Å². The molecule has 1 saturated carbocycles. The van der Waals surface area contributed by atoms with Crippen molar-refractivity contribution in [2.75, 3.05) is 6.54 Å². The second-order valence-corrected chi connectivity index (χ2v) is 7.50. The second-order valence-electron chi connectivity index (χ2n) is 6.64. The van der Waals surface area contributed by atoms with Crippen LogP contribution in [0.4, 0.5) is 4.39 Å². The Morgan fingerprint density at radius 1 is 1.30 bits per heavy atom. The predicted molar refractivity (Wildman–Crippen MR) is 113 cm³/mol. The average Bonchev–Trinajstić information content (AvgIpc) is 3.09. The molecule has 1 heterocycles. The molecule has 8 heteroatoms. The highest BCUT2D eigenvalue weighted by molar-refractivity contribution is 7.13. The molecule has 1 unspecified atom stereocenters. The number of carbonyl (C=O) groups is 1. The van der Waals surface area contributed by atoms with Crippen molar-refractivity contribution in [3.8, 4) is 10.6 Å². The second kappa shape index (κ2) is 11.6. The van der Waals surface area contributed by atoms with E-state index in [1.165, 1.54) is 42.7 Å². The maximum absolute atomic E-state index is 13.3. The average molecular weight is 434 g/mol. The van der Waals surface area contributed by atoms with E-state index in [0.29, 0.717) is 18.2 Å². The number of halogens is 3. The Balaban J connectivity index is 0.00000182. The smallest absolute Gasteiger partial charge is 0.226 e. The summed E-state index contributed by atoms with van der Waals surface area (Å²) in [6.07, 6.45) is 6.24. The van der Waals surface area contributed by atoms with Crippen LogP contribution in [-0.2, 0) is 11.2 Å². The molecule has 1 aliphatic carbocycles. The zero-order valence-corrected chi connectivity index (χ0v) is 17.5. The third-order valence-corrected chi connectivity index (χ3v) is 5.72. The molecule has 1 atom stereocenters. The van der Waals surface area contributed by atoms with Gasteiger partial charge in [0.1, 0.15) is 10.8 Å². The van der Waals surface area contributed by atoms with Gasteiger partial charge in [0, 0.05) is 23.5 Å². The normalized spacial score (nSPS) is 15.3. The minimum absolute atomic E-state index is 0. The van der Waals surface area contributed by atoms with E-state index >= 15 is 0 Å². The van der Waals surface area contributed by atoms with Crippen LogP contribution >= 0.6 is 36.2 Å². The first kappa shape index (κ1) is 23.8. The molecular formula is C19H26Cl2FN3OS. The number of thiazole rings is 1. The molecule has 2 aromatic rings. The van der Waals surface area contributed by atoms with Crippen LogP contribution in [0.3, 0.4) is 0 Å². The summed E-state index contributed by atoms with van der Waals surface area (Å²) in [5.74, 6) is 0.156. The lowest BCUT2D eigenvalue weighted by molar-refractivity contribution is -0.121. The Morgan fingerprint density at radius 2 is 2.04 bits per heavy atom. The fourth-order valence-corrected chi connectivity index (χ4v) is 4.29. The number of hydrogen-bond donors (Lipinski definition) is 2. The summed E-state index contributed by atoms with van der Waals surface area (Å²) in [4.78, 5) is 16.8. The molecule has 150 valence electrons. The van der Waals surface area contributed by atoms with E-state index < -0.39 is 0 Å². The van der Waals surface area contributed by atoms with Gasteiger partial charge in [-0.15, -0.1) is 36.2 Å². The summed E-state index contributed by atoms with van der Waals surface area (Å²) in [5.41, 5.74) is 7.32. The van der Waals surface area contributed by atoms with Crippen LogP contribution in [0.1, 0.15) is 37.8 Å². The summed E-state index contributed by atoms with van der Waals surface area (Å²) in [6, 6.07) is 6.39. The molecule has 1 amide bonds. The maximum Gasteiger partial charge on any atom is 0.226 e. The minimum Gasteiger partial charge on any atom is -0.351 e. The number of hydrogen-bond acceptors (Lipinski definition) is 4. The van der Waals surface area contributed by atoms with Crippen LogP contribution < -0.4 is 11.1 Å². The first-order chi connectivity index (χ1) is 12.2. The highest BCUT2D eigenvalue weighted by Gasteiger charge is 2.24. The van der Waals surface area contributed by atoms with Gasteiger partial charge in [-0.05, 0) is 30.9 Å². The van der Waals surface area contributed by atoms with E-state index in [0.717, 1.165) is 23.4 Å². The minimum atomic E-state index is -0.287. The van der Waals surface area contributed by atoms with Crippen molar-refractivity contribution in [2.24, 2.45) is 11.7 Å². The number of aromatic nitrogens is 1. The van der Waals surface area contributed by atoms with Crippen molar-refractivity contribution in [2.45, 2.75) is 44.6 Å². The summed E-state index contributed by atoms with van der Waals surface area (Å²) >= 11 is 1.42. The molecule has 1 aromatic carbocycles. The van der Waals surface area contributed by atoms with Crippen molar-refractivity contribution in [3.05, 3.63) is 41.2 Å². The van der Waals surface area contributed by atoms with Crippen molar-refractivity contribution in [1.82, 2.24) is 10.3 Å². The van der Waals surface area contributed by atoms with Crippen LogP contribution in [0, 0.1) is 11.7 Å². The van der Waals surface area contributed by atoms with Crippen molar-refractivity contribution in [3.63, 3.8) is 0 Å². The predicted octanol–water partition coefficient (Wildman–Crippen LogP) is 4.36. The molecule has 3 rings (SSSR count). The van der Waals surface area contributed by atoms with Gasteiger partial charge in [0.05, 0.1) is 12.1 Å². The first-order valence-electron chi connectivity index (χ1n) is 8.85. The van der Waals surface area contributed by atoms with Crippen molar-refractivity contribution >= 4 is 42.1 Å². The van der Waals surface area contributed by atoms with Gasteiger partial charge < -0.3 is 11.1 Å². The SMILES string of the molecule is Cl.Cl.NCC(NC(=O)Cc1csc(-c2cccc(F)c2)n1)C1CCCCC1. The van der Waals surface area contributed by atoms with Gasteiger partial charge in [0.2, 0.25) is 5.91 Å². The van der Waals surface area contributed by atoms with Gasteiger partial charge in [-0.1, -0.05) is 31.4 Å². The van der Waals surface area contributed by atoms with E-state index in [2.05, 4.69) is 10.3 Å². The third-order valence-electron chi connectivity index (χ3n) is 4.78. The lowest BCUT2D eigenvalue weighted by Gasteiger charge is -2.30. The number of amides is 1. The van der Waals surface area contributed by atoms with Gasteiger partial charge in [-0.25, -0.2) is 9.37 Å². The largest absolute Gasteiger partial charge is 0.351 e. The number of carbonyl (C=O) groups excluding carboxylic acids is 1. The van der Waals surface area contributed by atoms with E-state index in [4.69, 9.17) is 5.73 Å². The van der Waals surface area contributed by atoms with Crippen LogP contribution in [-0.4, -0.2) is 23.5 Å². The molecule has 3 N–H and O–H groups in total. The number of nitrogens with two attached hydrogens (primary N) is 1. The molecule has 1 aromatic heterocycles. The van der Waals surface area contributed by atoms with Crippen LogP contribution in [0.5, 0.6) is 0 Å². The summed E-state index contributed by atoms with van der Waals surface area (Å²) in [6.45, 7) is 0.474. The van der Waals surface area contributed by atoms with E-state index in [9.17, 15) is 9.18 Å². The molecule has 27 heavy (non-hydrogen) atoms. The van der Waals surface area contributed by atoms with Gasteiger partial charge in [0.25, 0.3) is 0 Å². The number of nitrogens with one attached hydrogen (secondary N) is 1. The van der Waals surface area contributed by atoms with Crippen LogP contribution in [0.25, 0.3) is 10.6 Å². The maximum atomic E-state index is 13.3. The zero-order valence-electron chi connectivity index (χ0n) is 15.0. The molecule has 0 bridgehead atoms. The number of benzene rings is 1. The van der Waals surface area contributed by atoms with Gasteiger partial charge in [-0.2, -0.15) is 0 Å². The molecule has 0 radical (unpaired) electrons. The monoisotopic (exact) mass is 433 g/mol. The summed E-state index contributed by atoms with van der Waals surface area (Å²) < 4.78 is 13.3. The van der Waals surface area contributed by atoms with E-state index in [-0.39, 0.29) is 49.0 Å². The van der Waals surface area contributed by atoms with E-state index in [1.807, 2.05) is 11.4 Å². The van der Waals surface area contributed by atoms with Gasteiger partial charge >= 0.3 is 0 Å². The lowest BCUT2D eigenvalue weighted by atomic mass is 9.84. The topological polar surface area (TPSA) is 68.0 Å². The molecule has 1 aliphatic rings. The van der Waals surface area contributed by atoms with E-state index in [1.54, 1.807) is 6.07 Å².